The molecule has 0 aliphatic heterocycles. The van der Waals surface area contributed by atoms with Crippen molar-refractivity contribution in [2.75, 3.05) is 55.7 Å². The first-order chi connectivity index (χ1) is 15.4. The Hall–Kier alpha value is -3.29. The zero-order chi connectivity index (χ0) is 23.7. The molecule has 8 heteroatoms. The van der Waals surface area contributed by atoms with E-state index in [1.165, 1.54) is 0 Å². The van der Waals surface area contributed by atoms with Crippen LogP contribution in [0.15, 0.2) is 24.3 Å². The second kappa shape index (κ2) is 11.9. The Balaban J connectivity index is 2.18. The van der Waals surface area contributed by atoms with Crippen molar-refractivity contribution in [1.29, 1.82) is 0 Å². The summed E-state index contributed by atoms with van der Waals surface area (Å²) >= 11 is 0. The predicted octanol–water partition coefficient (Wildman–Crippen LogP) is 3.37. The topological polar surface area (TPSA) is 75.7 Å². The molecular formula is C24H33NO7. The summed E-state index contributed by atoms with van der Waals surface area (Å²) in [5.74, 6) is 3.47. The van der Waals surface area contributed by atoms with Crippen LogP contribution >= 0.6 is 0 Å². The van der Waals surface area contributed by atoms with Gasteiger partial charge in [-0.05, 0) is 25.0 Å². The second-order valence-electron chi connectivity index (χ2n) is 6.99. The van der Waals surface area contributed by atoms with E-state index in [9.17, 15) is 4.79 Å². The van der Waals surface area contributed by atoms with Crippen LogP contribution in [0.5, 0.6) is 34.5 Å². The Morgan fingerprint density at radius 1 is 0.625 bits per heavy atom. The van der Waals surface area contributed by atoms with E-state index in [0.29, 0.717) is 60.4 Å². The van der Waals surface area contributed by atoms with Crippen molar-refractivity contribution in [3.05, 3.63) is 35.4 Å². The highest BCUT2D eigenvalue weighted by atomic mass is 16.5. The summed E-state index contributed by atoms with van der Waals surface area (Å²) in [6, 6.07) is 7.53. The molecule has 0 heterocycles. The standard InChI is InChI=1S/C24H33NO7/c1-16(26)25(14-12-17-8-10-19(27-2)23(31-6)21(17)29-4)15-13-18-9-11-20(28-3)24(32-7)22(18)30-5/h8-11H,12-15H2,1-7H3. The largest absolute Gasteiger partial charge is 0.493 e. The van der Waals surface area contributed by atoms with E-state index in [4.69, 9.17) is 28.4 Å². The van der Waals surface area contributed by atoms with Crippen molar-refractivity contribution in [3.8, 4) is 34.5 Å². The van der Waals surface area contributed by atoms with E-state index >= 15 is 0 Å². The molecule has 0 N–H and O–H groups in total. The molecule has 8 nitrogen and oxygen atoms in total. The van der Waals surface area contributed by atoms with Crippen LogP contribution in [0.2, 0.25) is 0 Å². The second-order valence-corrected chi connectivity index (χ2v) is 6.99. The fourth-order valence-corrected chi connectivity index (χ4v) is 3.66. The molecule has 2 aromatic rings. The molecular weight excluding hydrogens is 414 g/mol. The summed E-state index contributed by atoms with van der Waals surface area (Å²) in [7, 11) is 9.48. The molecule has 0 radical (unpaired) electrons. The molecule has 0 fully saturated rings. The maximum absolute atomic E-state index is 12.3. The van der Waals surface area contributed by atoms with Crippen LogP contribution < -0.4 is 28.4 Å². The third-order valence-corrected chi connectivity index (χ3v) is 5.32. The Kier molecular flexibility index (Phi) is 9.31. The van der Waals surface area contributed by atoms with Crippen LogP contribution in [-0.4, -0.2) is 66.6 Å². The minimum Gasteiger partial charge on any atom is -0.493 e. The molecule has 176 valence electrons. The molecule has 2 rings (SSSR count). The fourth-order valence-electron chi connectivity index (χ4n) is 3.66. The number of amides is 1. The first-order valence-corrected chi connectivity index (χ1v) is 10.3. The zero-order valence-corrected chi connectivity index (χ0v) is 19.9. The number of carbonyl (C=O) groups is 1. The van der Waals surface area contributed by atoms with Gasteiger partial charge in [0.2, 0.25) is 17.4 Å². The molecule has 0 bridgehead atoms. The third kappa shape index (κ3) is 5.49. The maximum Gasteiger partial charge on any atom is 0.219 e. The first kappa shape index (κ1) is 25.0. The van der Waals surface area contributed by atoms with Gasteiger partial charge in [0.1, 0.15) is 0 Å². The van der Waals surface area contributed by atoms with Crippen molar-refractivity contribution in [3.63, 3.8) is 0 Å². The lowest BCUT2D eigenvalue weighted by Gasteiger charge is -2.23. The molecule has 0 aliphatic carbocycles. The van der Waals surface area contributed by atoms with Gasteiger partial charge < -0.3 is 33.3 Å². The summed E-state index contributed by atoms with van der Waals surface area (Å²) < 4.78 is 32.7. The highest BCUT2D eigenvalue weighted by molar-refractivity contribution is 5.73. The fraction of sp³-hybridized carbons (Fsp3) is 0.458. The van der Waals surface area contributed by atoms with E-state index in [1.54, 1.807) is 54.5 Å². The Morgan fingerprint density at radius 3 is 1.28 bits per heavy atom. The highest BCUT2D eigenvalue weighted by Gasteiger charge is 2.19. The van der Waals surface area contributed by atoms with Gasteiger partial charge in [0, 0.05) is 31.1 Å². The Labute approximate surface area is 189 Å². The Bertz CT molecular complexity index is 846. The molecule has 0 atom stereocenters. The quantitative estimate of drug-likeness (QED) is 0.494. The predicted molar refractivity (Wildman–Crippen MR) is 122 cm³/mol. The molecule has 1 amide bonds. The van der Waals surface area contributed by atoms with Gasteiger partial charge in [-0.1, -0.05) is 12.1 Å². The summed E-state index contributed by atoms with van der Waals surface area (Å²) in [6.45, 7) is 2.62. The molecule has 32 heavy (non-hydrogen) atoms. The molecule has 0 saturated carbocycles. The van der Waals surface area contributed by atoms with Crippen molar-refractivity contribution in [1.82, 2.24) is 4.90 Å². The number of carbonyl (C=O) groups excluding carboxylic acids is 1. The summed E-state index contributed by atoms with van der Waals surface area (Å²) in [5, 5.41) is 0. The van der Waals surface area contributed by atoms with Gasteiger partial charge in [-0.15, -0.1) is 0 Å². The van der Waals surface area contributed by atoms with Crippen LogP contribution in [0.25, 0.3) is 0 Å². The smallest absolute Gasteiger partial charge is 0.219 e. The van der Waals surface area contributed by atoms with Crippen molar-refractivity contribution in [2.45, 2.75) is 19.8 Å². The number of benzene rings is 2. The summed E-state index contributed by atoms with van der Waals surface area (Å²) in [5.41, 5.74) is 1.86. The van der Waals surface area contributed by atoms with E-state index < -0.39 is 0 Å². The minimum absolute atomic E-state index is 0.0103. The average Bonchev–Trinajstić information content (AvgIpc) is 2.82. The van der Waals surface area contributed by atoms with Crippen molar-refractivity contribution < 1.29 is 33.2 Å². The monoisotopic (exact) mass is 447 g/mol. The third-order valence-electron chi connectivity index (χ3n) is 5.32. The van der Waals surface area contributed by atoms with Gasteiger partial charge >= 0.3 is 0 Å². The summed E-state index contributed by atoms with van der Waals surface area (Å²) in [6.07, 6.45) is 1.21. The number of nitrogens with zero attached hydrogens (tertiary/aromatic N) is 1. The van der Waals surface area contributed by atoms with Gasteiger partial charge in [-0.3, -0.25) is 4.79 Å². The minimum atomic E-state index is -0.0103. The highest BCUT2D eigenvalue weighted by Crippen LogP contribution is 2.41. The molecule has 0 aliphatic rings. The van der Waals surface area contributed by atoms with E-state index in [-0.39, 0.29) is 5.91 Å². The normalized spacial score (nSPS) is 10.3. The number of hydrogen-bond acceptors (Lipinski definition) is 7. The molecule has 0 unspecified atom stereocenters. The van der Waals surface area contributed by atoms with Crippen LogP contribution in [-0.2, 0) is 17.6 Å². The van der Waals surface area contributed by atoms with Crippen molar-refractivity contribution in [2.24, 2.45) is 0 Å². The van der Waals surface area contributed by atoms with Gasteiger partial charge in [0.15, 0.2) is 23.0 Å². The van der Waals surface area contributed by atoms with Crippen molar-refractivity contribution >= 4 is 5.91 Å². The average molecular weight is 448 g/mol. The lowest BCUT2D eigenvalue weighted by atomic mass is 10.1. The number of methoxy groups -OCH3 is 6. The van der Waals surface area contributed by atoms with E-state index in [1.807, 2.05) is 24.3 Å². The van der Waals surface area contributed by atoms with E-state index in [0.717, 1.165) is 11.1 Å². The lowest BCUT2D eigenvalue weighted by molar-refractivity contribution is -0.128. The van der Waals surface area contributed by atoms with Crippen LogP contribution in [0.3, 0.4) is 0 Å². The van der Waals surface area contributed by atoms with Gasteiger partial charge in [-0.2, -0.15) is 0 Å². The number of ether oxygens (including phenoxy) is 6. The molecule has 0 spiro atoms. The molecule has 0 saturated heterocycles. The molecule has 2 aromatic carbocycles. The number of hydrogen-bond donors (Lipinski definition) is 0. The Morgan fingerprint density at radius 2 is 1.00 bits per heavy atom. The van der Waals surface area contributed by atoms with Gasteiger partial charge in [0.25, 0.3) is 0 Å². The van der Waals surface area contributed by atoms with Crippen LogP contribution in [0.4, 0.5) is 0 Å². The lowest BCUT2D eigenvalue weighted by Crippen LogP contribution is -2.33. The van der Waals surface area contributed by atoms with Gasteiger partial charge in [0.05, 0.1) is 42.7 Å². The summed E-state index contributed by atoms with van der Waals surface area (Å²) in [4.78, 5) is 14.1. The maximum atomic E-state index is 12.3. The van der Waals surface area contributed by atoms with Crippen LogP contribution in [0.1, 0.15) is 18.1 Å². The van der Waals surface area contributed by atoms with Crippen LogP contribution in [0, 0.1) is 0 Å². The number of rotatable bonds is 12. The SMILES string of the molecule is COc1ccc(CCN(CCc2ccc(OC)c(OC)c2OC)C(C)=O)c(OC)c1OC. The molecule has 0 aromatic heterocycles. The first-order valence-electron chi connectivity index (χ1n) is 10.3. The van der Waals surface area contributed by atoms with E-state index in [2.05, 4.69) is 0 Å². The van der Waals surface area contributed by atoms with Gasteiger partial charge in [-0.25, -0.2) is 0 Å². The zero-order valence-electron chi connectivity index (χ0n) is 19.9.